The minimum atomic E-state index is 0.359. The van der Waals surface area contributed by atoms with Crippen LogP contribution in [0.2, 0.25) is 10.0 Å². The summed E-state index contributed by atoms with van der Waals surface area (Å²) in [5, 5.41) is 1.25. The van der Waals surface area contributed by atoms with Crippen molar-refractivity contribution in [1.82, 2.24) is 0 Å². The summed E-state index contributed by atoms with van der Waals surface area (Å²) in [6.45, 7) is 0. The van der Waals surface area contributed by atoms with Crippen molar-refractivity contribution >= 4 is 23.2 Å². The Morgan fingerprint density at radius 2 is 2.06 bits per heavy atom. The number of hydrogen-bond donors (Lipinski definition) is 0. The van der Waals surface area contributed by atoms with Crippen LogP contribution in [0.5, 0.6) is 0 Å². The van der Waals surface area contributed by atoms with Gasteiger partial charge in [0, 0.05) is 13.0 Å². The monoisotopic (exact) mass is 257 g/mol. The number of hydrogen-bond acceptors (Lipinski definition) is 1. The SMILES string of the molecule is COC1CCC[C](c2ccc(Cl)c(Cl)c2)C1. The van der Waals surface area contributed by atoms with Gasteiger partial charge in [-0.05, 0) is 43.4 Å². The molecule has 3 heteroatoms. The molecule has 1 unspecified atom stereocenters. The van der Waals surface area contributed by atoms with Gasteiger partial charge in [0.1, 0.15) is 0 Å². The molecule has 87 valence electrons. The van der Waals surface area contributed by atoms with Crippen LogP contribution in [0.25, 0.3) is 0 Å². The van der Waals surface area contributed by atoms with Gasteiger partial charge in [0.05, 0.1) is 16.1 Å². The largest absolute Gasteiger partial charge is 0.381 e. The Morgan fingerprint density at radius 3 is 2.75 bits per heavy atom. The van der Waals surface area contributed by atoms with E-state index in [1.54, 1.807) is 7.11 Å². The number of benzene rings is 1. The predicted octanol–water partition coefficient (Wildman–Crippen LogP) is 4.50. The molecule has 2 rings (SSSR count). The van der Waals surface area contributed by atoms with Crippen molar-refractivity contribution in [1.29, 1.82) is 0 Å². The summed E-state index contributed by atoms with van der Waals surface area (Å²) in [5.41, 5.74) is 1.20. The number of halogens is 2. The first-order valence-corrected chi connectivity index (χ1v) is 6.29. The minimum Gasteiger partial charge on any atom is -0.381 e. The molecule has 1 radical (unpaired) electrons. The predicted molar refractivity (Wildman–Crippen MR) is 68.1 cm³/mol. The zero-order valence-corrected chi connectivity index (χ0v) is 10.8. The first-order valence-electron chi connectivity index (χ1n) is 5.53. The van der Waals surface area contributed by atoms with E-state index in [-0.39, 0.29) is 0 Å². The van der Waals surface area contributed by atoms with Crippen LogP contribution in [-0.2, 0) is 4.74 Å². The third-order valence-corrected chi connectivity index (χ3v) is 3.88. The van der Waals surface area contributed by atoms with Crippen molar-refractivity contribution in [2.45, 2.75) is 31.8 Å². The van der Waals surface area contributed by atoms with E-state index in [2.05, 4.69) is 0 Å². The molecule has 1 aromatic rings. The maximum Gasteiger partial charge on any atom is 0.0595 e. The second-order valence-electron chi connectivity index (χ2n) is 4.19. The Morgan fingerprint density at radius 1 is 1.25 bits per heavy atom. The van der Waals surface area contributed by atoms with Gasteiger partial charge in [0.2, 0.25) is 0 Å². The molecule has 0 aromatic heterocycles. The molecule has 1 fully saturated rings. The van der Waals surface area contributed by atoms with Crippen molar-refractivity contribution in [2.75, 3.05) is 7.11 Å². The molecule has 1 saturated carbocycles. The molecule has 0 aliphatic heterocycles. The molecular weight excluding hydrogens is 243 g/mol. The van der Waals surface area contributed by atoms with Crippen LogP contribution in [0.15, 0.2) is 18.2 Å². The molecule has 1 nitrogen and oxygen atoms in total. The van der Waals surface area contributed by atoms with Gasteiger partial charge >= 0.3 is 0 Å². The highest BCUT2D eigenvalue weighted by molar-refractivity contribution is 6.42. The summed E-state index contributed by atoms with van der Waals surface area (Å²) in [5.74, 6) is 1.43. The van der Waals surface area contributed by atoms with Crippen molar-refractivity contribution < 1.29 is 4.74 Å². The molecule has 0 heterocycles. The summed E-state index contributed by atoms with van der Waals surface area (Å²) in [6, 6.07) is 5.86. The highest BCUT2D eigenvalue weighted by Crippen LogP contribution is 2.35. The molecule has 0 saturated heterocycles. The fraction of sp³-hybridized carbons (Fsp3) is 0.462. The summed E-state index contributed by atoms with van der Waals surface area (Å²) in [7, 11) is 1.78. The van der Waals surface area contributed by atoms with E-state index in [0.717, 1.165) is 19.3 Å². The van der Waals surface area contributed by atoms with E-state index in [1.807, 2.05) is 18.2 Å². The third-order valence-electron chi connectivity index (χ3n) is 3.14. The maximum absolute atomic E-state index is 6.03. The van der Waals surface area contributed by atoms with E-state index in [9.17, 15) is 0 Å². The van der Waals surface area contributed by atoms with Crippen molar-refractivity contribution in [2.24, 2.45) is 0 Å². The summed E-state index contributed by atoms with van der Waals surface area (Å²) in [4.78, 5) is 0. The van der Waals surface area contributed by atoms with Gasteiger partial charge in [0.15, 0.2) is 0 Å². The zero-order valence-electron chi connectivity index (χ0n) is 9.30. The van der Waals surface area contributed by atoms with E-state index in [1.165, 1.54) is 17.9 Å². The van der Waals surface area contributed by atoms with Gasteiger partial charge in [-0.2, -0.15) is 0 Å². The topological polar surface area (TPSA) is 9.23 Å². The molecule has 1 atom stereocenters. The van der Waals surface area contributed by atoms with Gasteiger partial charge < -0.3 is 4.74 Å². The third kappa shape index (κ3) is 2.71. The first kappa shape index (κ1) is 12.2. The van der Waals surface area contributed by atoms with Crippen LogP contribution >= 0.6 is 23.2 Å². The van der Waals surface area contributed by atoms with Crippen molar-refractivity contribution in [3.63, 3.8) is 0 Å². The van der Waals surface area contributed by atoms with Gasteiger partial charge in [-0.1, -0.05) is 29.3 Å². The highest BCUT2D eigenvalue weighted by Gasteiger charge is 2.23. The molecule has 16 heavy (non-hydrogen) atoms. The molecule has 0 amide bonds. The lowest BCUT2D eigenvalue weighted by Crippen LogP contribution is -2.20. The van der Waals surface area contributed by atoms with Crippen LogP contribution in [0.1, 0.15) is 31.2 Å². The molecule has 1 aromatic carbocycles. The smallest absolute Gasteiger partial charge is 0.0595 e. The lowest BCUT2D eigenvalue weighted by Gasteiger charge is -2.28. The van der Waals surface area contributed by atoms with E-state index in [0.29, 0.717) is 16.1 Å². The van der Waals surface area contributed by atoms with Crippen LogP contribution in [0, 0.1) is 5.92 Å². The normalized spacial score (nSPS) is 22.3. The Labute approximate surface area is 107 Å². The molecule has 0 N–H and O–H groups in total. The van der Waals surface area contributed by atoms with E-state index < -0.39 is 0 Å². The Bertz CT molecular complexity index is 365. The number of ether oxygens (including phenoxy) is 1. The van der Waals surface area contributed by atoms with Crippen molar-refractivity contribution in [3.05, 3.63) is 39.7 Å². The van der Waals surface area contributed by atoms with Gasteiger partial charge in [-0.3, -0.25) is 0 Å². The molecular formula is C13H15Cl2O. The molecule has 1 aliphatic carbocycles. The maximum atomic E-state index is 6.03. The number of rotatable bonds is 2. The fourth-order valence-electron chi connectivity index (χ4n) is 2.20. The standard InChI is InChI=1S/C13H15Cl2O/c1-16-11-4-2-3-9(7-11)10-5-6-12(14)13(15)8-10/h5-6,8,11H,2-4,7H2,1H3. The van der Waals surface area contributed by atoms with Crippen LogP contribution < -0.4 is 0 Å². The Kier molecular flexibility index (Phi) is 4.12. The van der Waals surface area contributed by atoms with Crippen LogP contribution in [0.4, 0.5) is 0 Å². The van der Waals surface area contributed by atoms with Gasteiger partial charge in [0.25, 0.3) is 0 Å². The van der Waals surface area contributed by atoms with Gasteiger partial charge in [-0.25, -0.2) is 0 Å². The summed E-state index contributed by atoms with van der Waals surface area (Å²) >= 11 is 11.9. The Balaban J connectivity index is 2.13. The lowest BCUT2D eigenvalue weighted by atomic mass is 9.82. The van der Waals surface area contributed by atoms with Crippen LogP contribution in [0.3, 0.4) is 0 Å². The molecule has 0 bridgehead atoms. The average Bonchev–Trinajstić information content (AvgIpc) is 2.33. The summed E-state index contributed by atoms with van der Waals surface area (Å²) in [6.07, 6.45) is 4.85. The second-order valence-corrected chi connectivity index (χ2v) is 5.00. The minimum absolute atomic E-state index is 0.359. The molecule has 0 spiro atoms. The number of methoxy groups -OCH3 is 1. The molecule has 1 aliphatic rings. The average molecular weight is 258 g/mol. The van der Waals surface area contributed by atoms with Crippen molar-refractivity contribution in [3.8, 4) is 0 Å². The highest BCUT2D eigenvalue weighted by atomic mass is 35.5. The van der Waals surface area contributed by atoms with E-state index >= 15 is 0 Å². The first-order chi connectivity index (χ1) is 7.70. The van der Waals surface area contributed by atoms with Crippen LogP contribution in [-0.4, -0.2) is 13.2 Å². The van der Waals surface area contributed by atoms with E-state index in [4.69, 9.17) is 27.9 Å². The summed E-state index contributed by atoms with van der Waals surface area (Å²) < 4.78 is 5.42. The quantitative estimate of drug-likeness (QED) is 0.758. The second kappa shape index (κ2) is 5.39. The zero-order chi connectivity index (χ0) is 11.5. The lowest BCUT2D eigenvalue weighted by molar-refractivity contribution is 0.0791. The fourth-order valence-corrected chi connectivity index (χ4v) is 2.50. The Hall–Kier alpha value is -0.240. The van der Waals surface area contributed by atoms with Gasteiger partial charge in [-0.15, -0.1) is 0 Å².